The number of anilines is 1. The van der Waals surface area contributed by atoms with E-state index in [0.29, 0.717) is 27.2 Å². The van der Waals surface area contributed by atoms with Gasteiger partial charge >= 0.3 is 5.97 Å². The molecule has 184 valence electrons. The Hall–Kier alpha value is -3.31. The van der Waals surface area contributed by atoms with Gasteiger partial charge in [0.25, 0.3) is 17.1 Å². The van der Waals surface area contributed by atoms with Gasteiger partial charge in [0, 0.05) is 5.69 Å². The SMILES string of the molecule is CCOC(=O)CN1C(=O)S/C(=C\c2cc(Br)c(OCC(=O)Nc3cccc(C)c3)c(OC)c2)C1=O. The maximum absolute atomic E-state index is 12.6. The molecule has 0 radical (unpaired) electrons. The van der Waals surface area contributed by atoms with Crippen LogP contribution in [-0.4, -0.2) is 54.8 Å². The van der Waals surface area contributed by atoms with Crippen LogP contribution in [0.2, 0.25) is 0 Å². The second-order valence-corrected chi connectivity index (χ2v) is 9.16. The predicted octanol–water partition coefficient (Wildman–Crippen LogP) is 4.38. The van der Waals surface area contributed by atoms with Crippen molar-refractivity contribution in [3.63, 3.8) is 0 Å². The van der Waals surface area contributed by atoms with Crippen LogP contribution in [0, 0.1) is 6.92 Å². The fourth-order valence-corrected chi connectivity index (χ4v) is 4.56. The highest BCUT2D eigenvalue weighted by atomic mass is 79.9. The number of hydrogen-bond donors (Lipinski definition) is 1. The van der Waals surface area contributed by atoms with E-state index in [1.165, 1.54) is 13.2 Å². The minimum atomic E-state index is -0.659. The summed E-state index contributed by atoms with van der Waals surface area (Å²) in [4.78, 5) is 49.8. The summed E-state index contributed by atoms with van der Waals surface area (Å²) >= 11 is 4.13. The van der Waals surface area contributed by atoms with E-state index in [1.807, 2.05) is 25.1 Å². The van der Waals surface area contributed by atoms with Gasteiger partial charge in [-0.05, 0) is 83.0 Å². The van der Waals surface area contributed by atoms with Gasteiger partial charge in [-0.15, -0.1) is 0 Å². The van der Waals surface area contributed by atoms with Gasteiger partial charge in [-0.2, -0.15) is 0 Å². The number of nitrogens with one attached hydrogen (secondary N) is 1. The first kappa shape index (κ1) is 26.3. The third-order valence-corrected chi connectivity index (χ3v) is 6.16. The maximum atomic E-state index is 12.6. The van der Waals surface area contributed by atoms with Crippen molar-refractivity contribution in [1.82, 2.24) is 4.90 Å². The third kappa shape index (κ3) is 6.86. The molecule has 1 N–H and O–H groups in total. The van der Waals surface area contributed by atoms with E-state index in [1.54, 1.807) is 25.1 Å². The monoisotopic (exact) mass is 562 g/mol. The van der Waals surface area contributed by atoms with Crippen LogP contribution in [0.25, 0.3) is 6.08 Å². The molecule has 9 nitrogen and oxygen atoms in total. The zero-order chi connectivity index (χ0) is 25.5. The molecule has 0 spiro atoms. The molecule has 0 bridgehead atoms. The molecule has 35 heavy (non-hydrogen) atoms. The molecule has 0 aromatic heterocycles. The smallest absolute Gasteiger partial charge is 0.326 e. The van der Waals surface area contributed by atoms with Gasteiger partial charge in [0.1, 0.15) is 6.54 Å². The van der Waals surface area contributed by atoms with Crippen LogP contribution < -0.4 is 14.8 Å². The van der Waals surface area contributed by atoms with E-state index in [2.05, 4.69) is 21.2 Å². The van der Waals surface area contributed by atoms with Crippen LogP contribution in [-0.2, 0) is 19.1 Å². The number of rotatable bonds is 9. The van der Waals surface area contributed by atoms with Crippen LogP contribution >= 0.6 is 27.7 Å². The van der Waals surface area contributed by atoms with E-state index in [9.17, 15) is 19.2 Å². The van der Waals surface area contributed by atoms with Gasteiger partial charge < -0.3 is 19.5 Å². The normalized spacial score (nSPS) is 14.3. The van der Waals surface area contributed by atoms with Crippen molar-refractivity contribution < 1.29 is 33.4 Å². The molecule has 2 aromatic rings. The van der Waals surface area contributed by atoms with Crippen LogP contribution in [0.4, 0.5) is 10.5 Å². The lowest BCUT2D eigenvalue weighted by Gasteiger charge is -2.14. The van der Waals surface area contributed by atoms with Gasteiger partial charge in [0.15, 0.2) is 18.1 Å². The fourth-order valence-electron chi connectivity index (χ4n) is 3.14. The maximum Gasteiger partial charge on any atom is 0.326 e. The molecule has 3 amide bonds. The van der Waals surface area contributed by atoms with Crippen molar-refractivity contribution >= 4 is 62.5 Å². The highest BCUT2D eigenvalue weighted by Crippen LogP contribution is 2.39. The Morgan fingerprint density at radius 2 is 1.97 bits per heavy atom. The number of esters is 1. The lowest BCUT2D eigenvalue weighted by molar-refractivity contribution is -0.146. The molecule has 1 heterocycles. The zero-order valence-electron chi connectivity index (χ0n) is 19.3. The van der Waals surface area contributed by atoms with Gasteiger partial charge in [0.2, 0.25) is 0 Å². The minimum absolute atomic E-state index is 0.152. The number of carbonyl (C=O) groups is 4. The lowest BCUT2D eigenvalue weighted by atomic mass is 10.2. The molecule has 2 aromatic carbocycles. The Labute approximate surface area is 214 Å². The summed E-state index contributed by atoms with van der Waals surface area (Å²) in [5.41, 5.74) is 2.23. The van der Waals surface area contributed by atoms with Crippen molar-refractivity contribution in [2.75, 3.05) is 32.2 Å². The topological polar surface area (TPSA) is 111 Å². The lowest BCUT2D eigenvalue weighted by Crippen LogP contribution is -2.34. The van der Waals surface area contributed by atoms with E-state index in [0.717, 1.165) is 22.2 Å². The third-order valence-electron chi connectivity index (χ3n) is 4.67. The van der Waals surface area contributed by atoms with Crippen molar-refractivity contribution in [2.45, 2.75) is 13.8 Å². The highest BCUT2D eigenvalue weighted by Gasteiger charge is 2.36. The van der Waals surface area contributed by atoms with Crippen LogP contribution in [0.15, 0.2) is 45.8 Å². The summed E-state index contributed by atoms with van der Waals surface area (Å²) in [5, 5.41) is 2.21. The summed E-state index contributed by atoms with van der Waals surface area (Å²) in [6.45, 7) is 3.02. The average molecular weight is 563 g/mol. The van der Waals surface area contributed by atoms with Crippen LogP contribution in [0.5, 0.6) is 11.5 Å². The van der Waals surface area contributed by atoms with Crippen molar-refractivity contribution in [3.05, 3.63) is 56.9 Å². The first-order chi connectivity index (χ1) is 16.7. The number of ether oxygens (including phenoxy) is 3. The van der Waals surface area contributed by atoms with Crippen molar-refractivity contribution in [1.29, 1.82) is 0 Å². The number of benzene rings is 2. The Bertz CT molecular complexity index is 1200. The molecule has 1 fully saturated rings. The molecule has 3 rings (SSSR count). The number of carbonyl (C=O) groups excluding carboxylic acids is 4. The molecule has 0 unspecified atom stereocenters. The molecule has 1 aliphatic heterocycles. The van der Waals surface area contributed by atoms with Gasteiger partial charge in [0.05, 0.1) is 23.1 Å². The zero-order valence-corrected chi connectivity index (χ0v) is 21.7. The quantitative estimate of drug-likeness (QED) is 0.354. The standard InChI is InChI=1S/C24H23BrN2O7S/c1-4-33-21(29)12-27-23(30)19(35-24(27)31)11-15-9-17(25)22(18(10-15)32-3)34-13-20(28)26-16-7-5-6-14(2)8-16/h5-11H,4,12-13H2,1-3H3,(H,26,28)/b19-11-. The van der Waals surface area contributed by atoms with Gasteiger partial charge in [-0.3, -0.25) is 24.1 Å². The highest BCUT2D eigenvalue weighted by molar-refractivity contribution is 9.10. The Morgan fingerprint density at radius 3 is 2.66 bits per heavy atom. The number of imide groups is 1. The van der Waals surface area contributed by atoms with E-state index in [4.69, 9.17) is 14.2 Å². The van der Waals surface area contributed by atoms with Crippen molar-refractivity contribution in [2.24, 2.45) is 0 Å². The van der Waals surface area contributed by atoms with E-state index >= 15 is 0 Å². The number of methoxy groups -OCH3 is 1. The van der Waals surface area contributed by atoms with E-state index < -0.39 is 23.7 Å². The molecule has 0 atom stereocenters. The van der Waals surface area contributed by atoms with Crippen molar-refractivity contribution in [3.8, 4) is 11.5 Å². The summed E-state index contributed by atoms with van der Waals surface area (Å²) in [6, 6.07) is 10.7. The second-order valence-electron chi connectivity index (χ2n) is 7.31. The number of nitrogens with zero attached hydrogens (tertiary/aromatic N) is 1. The Morgan fingerprint density at radius 1 is 1.20 bits per heavy atom. The average Bonchev–Trinajstić information content (AvgIpc) is 3.05. The Kier molecular flexibility index (Phi) is 8.94. The summed E-state index contributed by atoms with van der Waals surface area (Å²) < 4.78 is 16.4. The first-order valence-electron chi connectivity index (χ1n) is 10.5. The molecule has 0 aliphatic carbocycles. The largest absolute Gasteiger partial charge is 0.493 e. The number of halogens is 1. The first-order valence-corrected chi connectivity index (χ1v) is 12.1. The summed E-state index contributed by atoms with van der Waals surface area (Å²) in [6.07, 6.45) is 1.51. The molecular formula is C24H23BrN2O7S. The molecule has 0 saturated carbocycles. The number of amides is 3. The van der Waals surface area contributed by atoms with Gasteiger partial charge in [-0.1, -0.05) is 12.1 Å². The molecule has 1 aliphatic rings. The Balaban J connectivity index is 1.72. The van der Waals surface area contributed by atoms with Gasteiger partial charge in [-0.25, -0.2) is 0 Å². The molecule has 1 saturated heterocycles. The van der Waals surface area contributed by atoms with Crippen LogP contribution in [0.1, 0.15) is 18.1 Å². The minimum Gasteiger partial charge on any atom is -0.493 e. The second kappa shape index (κ2) is 11.9. The summed E-state index contributed by atoms with van der Waals surface area (Å²) in [5.74, 6) is -0.965. The summed E-state index contributed by atoms with van der Waals surface area (Å²) in [7, 11) is 1.44. The predicted molar refractivity (Wildman–Crippen MR) is 135 cm³/mol. The number of aryl methyl sites for hydroxylation is 1. The molecular weight excluding hydrogens is 540 g/mol. The fraction of sp³-hybridized carbons (Fsp3) is 0.250. The number of hydrogen-bond acceptors (Lipinski definition) is 8. The molecule has 11 heteroatoms. The van der Waals surface area contributed by atoms with E-state index in [-0.39, 0.29) is 24.0 Å². The van der Waals surface area contributed by atoms with Crippen LogP contribution in [0.3, 0.4) is 0 Å². The number of thioether (sulfide) groups is 1.